The number of barbiturate groups is 1. The zero-order valence-corrected chi connectivity index (χ0v) is 20.9. The summed E-state index contributed by atoms with van der Waals surface area (Å²) in [5, 5.41) is 3.20. The third-order valence-corrected chi connectivity index (χ3v) is 6.27. The maximum atomic E-state index is 13.3. The van der Waals surface area contributed by atoms with Crippen LogP contribution in [0.4, 0.5) is 10.5 Å². The number of imide groups is 2. The number of nitrogens with one attached hydrogen (secondary N) is 1. The van der Waals surface area contributed by atoms with E-state index in [-0.39, 0.29) is 12.2 Å². The Balaban J connectivity index is 1.70. The fourth-order valence-electron chi connectivity index (χ4n) is 3.42. The van der Waals surface area contributed by atoms with E-state index >= 15 is 0 Å². The predicted molar refractivity (Wildman–Crippen MR) is 135 cm³/mol. The normalized spacial score (nSPS) is 15.0. The van der Waals surface area contributed by atoms with E-state index in [1.165, 1.54) is 6.08 Å². The second-order valence-electron chi connectivity index (χ2n) is 7.44. The van der Waals surface area contributed by atoms with Gasteiger partial charge in [-0.15, -0.1) is 0 Å². The van der Waals surface area contributed by atoms with Gasteiger partial charge in [-0.05, 0) is 66.6 Å². The van der Waals surface area contributed by atoms with Crippen LogP contribution < -0.4 is 15.0 Å². The van der Waals surface area contributed by atoms with E-state index in [1.54, 1.807) is 55.5 Å². The third-order valence-electron chi connectivity index (χ3n) is 5.14. The van der Waals surface area contributed by atoms with Crippen molar-refractivity contribution in [2.45, 2.75) is 13.5 Å². The summed E-state index contributed by atoms with van der Waals surface area (Å²) in [4.78, 5) is 39.4. The van der Waals surface area contributed by atoms with E-state index in [0.717, 1.165) is 14.9 Å². The van der Waals surface area contributed by atoms with E-state index in [2.05, 4.69) is 21.2 Å². The molecule has 3 aromatic rings. The van der Waals surface area contributed by atoms with Gasteiger partial charge in [0.15, 0.2) is 0 Å². The molecule has 0 atom stereocenters. The van der Waals surface area contributed by atoms with Gasteiger partial charge in [-0.1, -0.05) is 57.3 Å². The smallest absolute Gasteiger partial charge is 0.335 e. The highest BCUT2D eigenvalue weighted by atomic mass is 79.9. The number of urea groups is 1. The van der Waals surface area contributed by atoms with Gasteiger partial charge in [-0.2, -0.15) is 0 Å². The van der Waals surface area contributed by atoms with Gasteiger partial charge in [-0.25, -0.2) is 9.69 Å². The van der Waals surface area contributed by atoms with Crippen LogP contribution in [0.15, 0.2) is 70.7 Å². The van der Waals surface area contributed by atoms with Crippen LogP contribution in [0.1, 0.15) is 16.7 Å². The molecule has 0 saturated carbocycles. The number of hydrogen-bond acceptors (Lipinski definition) is 4. The van der Waals surface area contributed by atoms with Gasteiger partial charge in [0.1, 0.15) is 17.9 Å². The Bertz CT molecular complexity index is 1360. The molecule has 1 fully saturated rings. The minimum Gasteiger partial charge on any atom is -0.488 e. The molecule has 1 aliphatic rings. The molecular formula is C25H17BrCl2N2O4. The predicted octanol–water partition coefficient (Wildman–Crippen LogP) is 6.31. The first-order valence-corrected chi connectivity index (χ1v) is 11.6. The second kappa shape index (κ2) is 10.0. The molecule has 172 valence electrons. The van der Waals surface area contributed by atoms with Crippen molar-refractivity contribution in [2.24, 2.45) is 0 Å². The highest BCUT2D eigenvalue weighted by Crippen LogP contribution is 2.31. The number of amides is 4. The first-order chi connectivity index (χ1) is 16.2. The number of carbonyl (C=O) groups is 3. The molecule has 34 heavy (non-hydrogen) atoms. The lowest BCUT2D eigenvalue weighted by Gasteiger charge is -2.27. The molecule has 6 nitrogen and oxygen atoms in total. The number of rotatable bonds is 5. The SMILES string of the molecule is Cc1c(Cl)cccc1N1C(=O)NC(=O)/C(=C\c2cc(Br)ccc2OCc2cccc(Cl)c2)C1=O. The Hall–Kier alpha value is -3.13. The molecule has 1 heterocycles. The summed E-state index contributed by atoms with van der Waals surface area (Å²) in [5.41, 5.74) is 1.94. The number of anilines is 1. The molecule has 1 N–H and O–H groups in total. The summed E-state index contributed by atoms with van der Waals surface area (Å²) in [6.07, 6.45) is 1.40. The average Bonchev–Trinajstić information content (AvgIpc) is 2.79. The first kappa shape index (κ1) is 24.0. The van der Waals surface area contributed by atoms with E-state index in [0.29, 0.717) is 32.6 Å². The summed E-state index contributed by atoms with van der Waals surface area (Å²) >= 11 is 15.6. The van der Waals surface area contributed by atoms with E-state index in [1.807, 2.05) is 12.1 Å². The summed E-state index contributed by atoms with van der Waals surface area (Å²) < 4.78 is 6.67. The van der Waals surface area contributed by atoms with Gasteiger partial charge >= 0.3 is 6.03 Å². The molecule has 1 saturated heterocycles. The molecule has 0 aromatic heterocycles. The lowest BCUT2D eigenvalue weighted by Crippen LogP contribution is -2.54. The van der Waals surface area contributed by atoms with Crippen LogP contribution in [0, 0.1) is 6.92 Å². The Kier molecular flexibility index (Phi) is 7.07. The van der Waals surface area contributed by atoms with Crippen LogP contribution in [0.3, 0.4) is 0 Å². The monoisotopic (exact) mass is 558 g/mol. The molecule has 1 aliphatic heterocycles. The maximum absolute atomic E-state index is 13.3. The Morgan fingerprint density at radius 3 is 2.56 bits per heavy atom. The van der Waals surface area contributed by atoms with Gasteiger partial charge in [0, 0.05) is 20.1 Å². The van der Waals surface area contributed by atoms with Crippen molar-refractivity contribution in [3.63, 3.8) is 0 Å². The number of benzene rings is 3. The minimum absolute atomic E-state index is 0.218. The highest BCUT2D eigenvalue weighted by Gasteiger charge is 2.37. The fourth-order valence-corrected chi connectivity index (χ4v) is 4.18. The molecule has 9 heteroatoms. The number of hydrogen-bond donors (Lipinski definition) is 1. The number of carbonyl (C=O) groups excluding carboxylic acids is 3. The number of halogens is 3. The summed E-state index contributed by atoms with van der Waals surface area (Å²) in [6, 6.07) is 16.5. The van der Waals surface area contributed by atoms with Crippen LogP contribution in [-0.4, -0.2) is 17.8 Å². The molecule has 0 spiro atoms. The maximum Gasteiger partial charge on any atom is 0.335 e. The second-order valence-corrected chi connectivity index (χ2v) is 9.20. The molecule has 4 rings (SSSR count). The lowest BCUT2D eigenvalue weighted by atomic mass is 10.0. The standard InChI is InChI=1S/C25H17BrCl2N2O4/c1-14-20(28)6-3-7-21(14)30-24(32)19(23(31)29-25(30)33)12-16-11-17(26)8-9-22(16)34-13-15-4-2-5-18(27)10-15/h2-12H,13H2,1H3,(H,29,31,33)/b19-12+. The molecule has 0 unspecified atom stereocenters. The van der Waals surface area contributed by atoms with E-state index in [9.17, 15) is 14.4 Å². The summed E-state index contributed by atoms with van der Waals surface area (Å²) in [5.74, 6) is -1.12. The molecule has 3 aromatic carbocycles. The van der Waals surface area contributed by atoms with Crippen molar-refractivity contribution >= 4 is 68.7 Å². The Labute approximate surface area is 214 Å². The van der Waals surface area contributed by atoms with Crippen LogP contribution in [0.25, 0.3) is 6.08 Å². The van der Waals surface area contributed by atoms with Crippen molar-refractivity contribution in [1.29, 1.82) is 0 Å². The molecule has 0 aliphatic carbocycles. The van der Waals surface area contributed by atoms with Crippen molar-refractivity contribution < 1.29 is 19.1 Å². The van der Waals surface area contributed by atoms with E-state index in [4.69, 9.17) is 27.9 Å². The van der Waals surface area contributed by atoms with E-state index < -0.39 is 17.8 Å². The van der Waals surface area contributed by atoms with Gasteiger partial charge in [0.05, 0.1) is 5.69 Å². The Morgan fingerprint density at radius 1 is 1.03 bits per heavy atom. The average molecular weight is 560 g/mol. The molecule has 0 radical (unpaired) electrons. The van der Waals surface area contributed by atoms with Gasteiger partial charge in [-0.3, -0.25) is 14.9 Å². The molecule has 0 bridgehead atoms. The quantitative estimate of drug-likeness (QED) is 0.293. The Morgan fingerprint density at radius 2 is 1.79 bits per heavy atom. The zero-order chi connectivity index (χ0) is 24.4. The van der Waals surface area contributed by atoms with Gasteiger partial charge in [0.25, 0.3) is 11.8 Å². The van der Waals surface area contributed by atoms with Gasteiger partial charge < -0.3 is 4.74 Å². The van der Waals surface area contributed by atoms with Crippen LogP contribution >= 0.6 is 39.1 Å². The lowest BCUT2D eigenvalue weighted by molar-refractivity contribution is -0.122. The van der Waals surface area contributed by atoms with Crippen LogP contribution in [0.2, 0.25) is 10.0 Å². The molecular weight excluding hydrogens is 543 g/mol. The van der Waals surface area contributed by atoms with Crippen molar-refractivity contribution in [1.82, 2.24) is 5.32 Å². The van der Waals surface area contributed by atoms with Crippen molar-refractivity contribution in [3.05, 3.63) is 97.4 Å². The first-order valence-electron chi connectivity index (χ1n) is 10.1. The van der Waals surface area contributed by atoms with Crippen LogP contribution in [0.5, 0.6) is 5.75 Å². The minimum atomic E-state index is -0.843. The number of ether oxygens (including phenoxy) is 1. The highest BCUT2D eigenvalue weighted by molar-refractivity contribution is 9.10. The van der Waals surface area contributed by atoms with Crippen molar-refractivity contribution in [3.8, 4) is 5.75 Å². The van der Waals surface area contributed by atoms with Gasteiger partial charge in [0.2, 0.25) is 0 Å². The third kappa shape index (κ3) is 5.01. The largest absolute Gasteiger partial charge is 0.488 e. The van der Waals surface area contributed by atoms with Crippen LogP contribution in [-0.2, 0) is 16.2 Å². The summed E-state index contributed by atoms with van der Waals surface area (Å²) in [6.45, 7) is 1.92. The fraction of sp³-hybridized carbons (Fsp3) is 0.0800. The number of nitrogens with zero attached hydrogens (tertiary/aromatic N) is 1. The van der Waals surface area contributed by atoms with Crippen molar-refractivity contribution in [2.75, 3.05) is 4.90 Å². The zero-order valence-electron chi connectivity index (χ0n) is 17.8. The topological polar surface area (TPSA) is 75.7 Å². The molecule has 4 amide bonds. The summed E-state index contributed by atoms with van der Waals surface area (Å²) in [7, 11) is 0.